The van der Waals surface area contributed by atoms with Crippen molar-refractivity contribution in [3.05, 3.63) is 48.0 Å². The molecule has 0 saturated carbocycles. The average Bonchev–Trinajstić information content (AvgIpc) is 2.78. The number of hydrogen-bond acceptors (Lipinski definition) is 6. The number of hydrogen-bond donors (Lipinski definition) is 1. The van der Waals surface area contributed by atoms with Gasteiger partial charge in [0.25, 0.3) is 0 Å². The minimum Gasteiger partial charge on any atom is -0.497 e. The Hall–Kier alpha value is -2.29. The SMILES string of the molecule is CCOc1ccc(S(=O)(=O)NCCCN2CCN(c3ccc(OC)cc3)CC2)cc1C. The molecule has 3 rings (SSSR count). The number of aryl methyl sites for hydroxylation is 1. The molecule has 0 radical (unpaired) electrons. The number of rotatable bonds is 10. The lowest BCUT2D eigenvalue weighted by Gasteiger charge is -2.36. The summed E-state index contributed by atoms with van der Waals surface area (Å²) in [6.45, 7) is 9.48. The third-order valence-corrected chi connectivity index (χ3v) is 6.97. The zero-order valence-corrected chi connectivity index (χ0v) is 19.5. The fourth-order valence-corrected chi connectivity index (χ4v) is 4.88. The zero-order chi connectivity index (χ0) is 22.3. The number of piperazine rings is 1. The van der Waals surface area contributed by atoms with Crippen LogP contribution in [0, 0.1) is 6.92 Å². The van der Waals surface area contributed by atoms with E-state index in [2.05, 4.69) is 26.7 Å². The molecule has 2 aromatic carbocycles. The Kier molecular flexibility index (Phi) is 8.17. The van der Waals surface area contributed by atoms with Gasteiger partial charge in [0.05, 0.1) is 18.6 Å². The van der Waals surface area contributed by atoms with Gasteiger partial charge < -0.3 is 14.4 Å². The van der Waals surface area contributed by atoms with Crippen molar-refractivity contribution >= 4 is 15.7 Å². The molecule has 1 N–H and O–H groups in total. The first kappa shape index (κ1) is 23.4. The van der Waals surface area contributed by atoms with Gasteiger partial charge in [0.15, 0.2) is 0 Å². The second kappa shape index (κ2) is 10.8. The monoisotopic (exact) mass is 447 g/mol. The van der Waals surface area contributed by atoms with Gasteiger partial charge in [0.2, 0.25) is 10.0 Å². The summed E-state index contributed by atoms with van der Waals surface area (Å²) in [5.41, 5.74) is 2.03. The standard InChI is InChI=1S/C23H33N3O4S/c1-4-30-23-11-10-22(18-19(23)2)31(27,28)24-12-5-13-25-14-16-26(17-15-25)20-6-8-21(29-3)9-7-20/h6-11,18,24H,4-5,12-17H2,1-3H3. The molecule has 1 saturated heterocycles. The summed E-state index contributed by atoms with van der Waals surface area (Å²) in [4.78, 5) is 5.03. The van der Waals surface area contributed by atoms with Crippen LogP contribution in [0.1, 0.15) is 18.9 Å². The second-order valence-corrected chi connectivity index (χ2v) is 9.41. The molecule has 1 fully saturated rings. The highest BCUT2D eigenvalue weighted by molar-refractivity contribution is 7.89. The van der Waals surface area contributed by atoms with Gasteiger partial charge in [-0.15, -0.1) is 0 Å². The van der Waals surface area contributed by atoms with Gasteiger partial charge in [0, 0.05) is 38.4 Å². The van der Waals surface area contributed by atoms with Crippen molar-refractivity contribution in [2.45, 2.75) is 25.2 Å². The zero-order valence-electron chi connectivity index (χ0n) is 18.6. The fourth-order valence-electron chi connectivity index (χ4n) is 3.72. The Labute approximate surface area is 186 Å². The minimum absolute atomic E-state index is 0.279. The molecule has 1 aliphatic rings. The molecule has 0 amide bonds. The predicted octanol–water partition coefficient (Wildman–Crippen LogP) is 2.89. The molecule has 0 spiro atoms. The van der Waals surface area contributed by atoms with Crippen molar-refractivity contribution in [3.63, 3.8) is 0 Å². The van der Waals surface area contributed by atoms with Crippen LogP contribution in [0.3, 0.4) is 0 Å². The lowest BCUT2D eigenvalue weighted by molar-refractivity contribution is 0.255. The normalized spacial score (nSPS) is 15.1. The molecule has 0 bridgehead atoms. The molecule has 170 valence electrons. The molecule has 8 heteroatoms. The smallest absolute Gasteiger partial charge is 0.240 e. The fraction of sp³-hybridized carbons (Fsp3) is 0.478. The van der Waals surface area contributed by atoms with E-state index in [1.165, 1.54) is 5.69 Å². The van der Waals surface area contributed by atoms with Gasteiger partial charge in [-0.2, -0.15) is 0 Å². The summed E-state index contributed by atoms with van der Waals surface area (Å²) < 4.78 is 38.6. The van der Waals surface area contributed by atoms with E-state index in [4.69, 9.17) is 9.47 Å². The molecular weight excluding hydrogens is 414 g/mol. The molecule has 0 aromatic heterocycles. The van der Waals surface area contributed by atoms with Crippen LogP contribution in [0.2, 0.25) is 0 Å². The Morgan fingerprint density at radius 3 is 2.35 bits per heavy atom. The summed E-state index contributed by atoms with van der Waals surface area (Å²) in [5.74, 6) is 1.58. The number of benzene rings is 2. The van der Waals surface area contributed by atoms with Crippen LogP contribution >= 0.6 is 0 Å². The maximum absolute atomic E-state index is 12.6. The van der Waals surface area contributed by atoms with Gasteiger partial charge in [-0.05, 0) is 74.8 Å². The number of nitrogens with one attached hydrogen (secondary N) is 1. The Morgan fingerprint density at radius 2 is 1.74 bits per heavy atom. The van der Waals surface area contributed by atoms with Crippen molar-refractivity contribution in [2.24, 2.45) is 0 Å². The quantitative estimate of drug-likeness (QED) is 0.565. The van der Waals surface area contributed by atoms with Crippen molar-refractivity contribution in [1.82, 2.24) is 9.62 Å². The molecular formula is C23H33N3O4S. The van der Waals surface area contributed by atoms with Crippen LogP contribution in [0.25, 0.3) is 0 Å². The Bertz CT molecular complexity index is 940. The third kappa shape index (κ3) is 6.35. The van der Waals surface area contributed by atoms with E-state index in [1.807, 2.05) is 26.0 Å². The summed E-state index contributed by atoms with van der Waals surface area (Å²) in [7, 11) is -1.84. The molecule has 0 aliphatic carbocycles. The maximum atomic E-state index is 12.6. The van der Waals surface area contributed by atoms with Crippen molar-refractivity contribution in [2.75, 3.05) is 57.9 Å². The number of anilines is 1. The lowest BCUT2D eigenvalue weighted by Crippen LogP contribution is -2.47. The van der Waals surface area contributed by atoms with Gasteiger partial charge in [-0.3, -0.25) is 4.90 Å². The van der Waals surface area contributed by atoms with Crippen molar-refractivity contribution in [3.8, 4) is 11.5 Å². The number of nitrogens with zero attached hydrogens (tertiary/aromatic N) is 2. The molecule has 1 heterocycles. The lowest BCUT2D eigenvalue weighted by atomic mass is 10.2. The molecule has 0 unspecified atom stereocenters. The third-order valence-electron chi connectivity index (χ3n) is 5.51. The maximum Gasteiger partial charge on any atom is 0.240 e. The van der Waals surface area contributed by atoms with Gasteiger partial charge in [0.1, 0.15) is 11.5 Å². The largest absolute Gasteiger partial charge is 0.497 e. The van der Waals surface area contributed by atoms with Crippen molar-refractivity contribution < 1.29 is 17.9 Å². The van der Waals surface area contributed by atoms with Crippen LogP contribution < -0.4 is 19.1 Å². The molecule has 0 atom stereocenters. The van der Waals surface area contributed by atoms with E-state index in [0.717, 1.165) is 56.2 Å². The van der Waals surface area contributed by atoms with Gasteiger partial charge in [-0.25, -0.2) is 13.1 Å². The molecule has 2 aromatic rings. The van der Waals surface area contributed by atoms with Crippen LogP contribution in [0.4, 0.5) is 5.69 Å². The van der Waals surface area contributed by atoms with Gasteiger partial charge >= 0.3 is 0 Å². The van der Waals surface area contributed by atoms with Crippen molar-refractivity contribution in [1.29, 1.82) is 0 Å². The van der Waals surface area contributed by atoms with Gasteiger partial charge in [-0.1, -0.05) is 0 Å². The highest BCUT2D eigenvalue weighted by Gasteiger charge is 2.18. The molecule has 31 heavy (non-hydrogen) atoms. The van der Waals surface area contributed by atoms with Crippen LogP contribution in [0.5, 0.6) is 11.5 Å². The van der Waals surface area contributed by atoms with Crippen LogP contribution in [-0.4, -0.2) is 66.3 Å². The number of methoxy groups -OCH3 is 1. The first-order valence-corrected chi connectivity index (χ1v) is 12.3. The van der Waals surface area contributed by atoms with E-state index in [-0.39, 0.29) is 4.90 Å². The van der Waals surface area contributed by atoms with E-state index in [0.29, 0.717) is 13.2 Å². The van der Waals surface area contributed by atoms with E-state index >= 15 is 0 Å². The van der Waals surface area contributed by atoms with Crippen LogP contribution in [-0.2, 0) is 10.0 Å². The summed E-state index contributed by atoms with van der Waals surface area (Å²) in [6.07, 6.45) is 0.776. The average molecular weight is 448 g/mol. The topological polar surface area (TPSA) is 71.1 Å². The Balaban J connectivity index is 1.41. The first-order chi connectivity index (χ1) is 14.9. The van der Waals surface area contributed by atoms with E-state index in [9.17, 15) is 8.42 Å². The van der Waals surface area contributed by atoms with E-state index < -0.39 is 10.0 Å². The summed E-state index contributed by atoms with van der Waals surface area (Å²) in [6, 6.07) is 13.1. The van der Waals surface area contributed by atoms with Crippen LogP contribution in [0.15, 0.2) is 47.4 Å². The summed E-state index contributed by atoms with van der Waals surface area (Å²) in [5, 5.41) is 0. The second-order valence-electron chi connectivity index (χ2n) is 7.64. The summed E-state index contributed by atoms with van der Waals surface area (Å²) >= 11 is 0. The van der Waals surface area contributed by atoms with E-state index in [1.54, 1.807) is 25.3 Å². The first-order valence-electron chi connectivity index (χ1n) is 10.8. The highest BCUT2D eigenvalue weighted by atomic mass is 32.2. The number of sulfonamides is 1. The Morgan fingerprint density at radius 1 is 1.03 bits per heavy atom. The molecule has 7 nitrogen and oxygen atoms in total. The minimum atomic E-state index is -3.51. The molecule has 1 aliphatic heterocycles. The highest BCUT2D eigenvalue weighted by Crippen LogP contribution is 2.22. The predicted molar refractivity (Wildman–Crippen MR) is 124 cm³/mol. The number of ether oxygens (including phenoxy) is 2.